The van der Waals surface area contributed by atoms with E-state index in [1.807, 2.05) is 36.4 Å². The van der Waals surface area contributed by atoms with E-state index < -0.39 is 25.6 Å². The Morgan fingerprint density at radius 2 is 0.905 bits per heavy atom. The number of rotatable bonds is 6. The van der Waals surface area contributed by atoms with Crippen molar-refractivity contribution in [3.05, 3.63) is 114 Å². The van der Waals surface area contributed by atoms with Gasteiger partial charge in [-0.2, -0.15) is 0 Å². The van der Waals surface area contributed by atoms with E-state index in [-0.39, 0.29) is 21.2 Å². The largest absolute Gasteiger partial charge is 0.494 e. The van der Waals surface area contributed by atoms with Crippen molar-refractivity contribution < 1.29 is 26.7 Å². The molecule has 5 aromatic rings. The molecule has 42 heavy (non-hydrogen) atoms. The van der Waals surface area contributed by atoms with E-state index in [1.54, 1.807) is 60.7 Å². The number of sulfone groups is 2. The van der Waals surface area contributed by atoms with Gasteiger partial charge in [-0.25, -0.2) is 21.8 Å². The number of amides is 1. The zero-order chi connectivity index (χ0) is 29.8. The first kappa shape index (κ1) is 27.4. The summed E-state index contributed by atoms with van der Waals surface area (Å²) in [5, 5.41) is 10.8. The van der Waals surface area contributed by atoms with Gasteiger partial charge in [0, 0.05) is 18.1 Å². The van der Waals surface area contributed by atoms with E-state index in [0.29, 0.717) is 28.1 Å². The molecule has 0 unspecified atom stereocenters. The monoisotopic (exact) mass is 596 g/mol. The van der Waals surface area contributed by atoms with Crippen LogP contribution < -0.4 is 0 Å². The third-order valence-electron chi connectivity index (χ3n) is 7.21. The van der Waals surface area contributed by atoms with Crippen molar-refractivity contribution in [3.63, 3.8) is 0 Å². The highest BCUT2D eigenvalue weighted by Crippen LogP contribution is 2.39. The Kier molecular flexibility index (Phi) is 6.47. The number of nitrogens with one attached hydrogen (secondary N) is 1. The minimum absolute atomic E-state index is 0.162. The molecular weight excluding hydrogens is 572 g/mol. The van der Waals surface area contributed by atoms with Crippen LogP contribution in [-0.4, -0.2) is 51.1 Å². The summed E-state index contributed by atoms with van der Waals surface area (Å²) in [7, 11) is -6.58. The second-order valence-electron chi connectivity index (χ2n) is 10.1. The van der Waals surface area contributed by atoms with Crippen LogP contribution in [0.4, 0.5) is 0 Å². The summed E-state index contributed by atoms with van der Waals surface area (Å²) in [5.41, 5.74) is 6.14. The van der Waals surface area contributed by atoms with Gasteiger partial charge in [-0.05, 0) is 52.1 Å². The Labute approximate surface area is 242 Å². The van der Waals surface area contributed by atoms with Crippen LogP contribution in [0, 0.1) is 0 Å². The summed E-state index contributed by atoms with van der Waals surface area (Å²) in [5.74, 6) is -0.627. The summed E-state index contributed by atoms with van der Waals surface area (Å²) in [4.78, 5) is 20.7. The molecule has 1 aliphatic heterocycles. The number of benzene rings is 4. The fourth-order valence-electron chi connectivity index (χ4n) is 5.01. The second kappa shape index (κ2) is 9.93. The lowest BCUT2D eigenvalue weighted by molar-refractivity contribution is 0.101. The minimum atomic E-state index is -3.29. The van der Waals surface area contributed by atoms with E-state index in [0.717, 1.165) is 34.8 Å². The predicted molar refractivity (Wildman–Crippen MR) is 161 cm³/mol. The molecule has 0 bridgehead atoms. The number of carbonyl (C=O) groups excluding carboxylic acids is 1. The van der Waals surface area contributed by atoms with Gasteiger partial charge in [-0.1, -0.05) is 72.8 Å². The molecule has 0 atom stereocenters. The van der Waals surface area contributed by atoms with Crippen LogP contribution in [0.15, 0.2) is 112 Å². The number of aromatic nitrogens is 1. The van der Waals surface area contributed by atoms with Crippen molar-refractivity contribution in [1.29, 1.82) is 0 Å². The fraction of sp³-hybridized carbons (Fsp3) is 0.0625. The summed E-state index contributed by atoms with van der Waals surface area (Å²) in [6.07, 6.45) is 2.33. The normalized spacial score (nSPS) is 13.2. The van der Waals surface area contributed by atoms with Crippen LogP contribution in [0.25, 0.3) is 33.5 Å². The van der Waals surface area contributed by atoms with Crippen molar-refractivity contribution >= 4 is 31.3 Å². The molecule has 1 amide bonds. The molecule has 2 heterocycles. The summed E-state index contributed by atoms with van der Waals surface area (Å²) >= 11 is 0. The van der Waals surface area contributed by atoms with Gasteiger partial charge < -0.3 is 10.1 Å². The summed E-state index contributed by atoms with van der Waals surface area (Å²) in [6.45, 7) is 0. The Morgan fingerprint density at radius 1 is 0.548 bits per heavy atom. The number of aromatic amines is 1. The smallest absolute Gasteiger partial charge is 0.280 e. The lowest BCUT2D eigenvalue weighted by atomic mass is 9.97. The van der Waals surface area contributed by atoms with Gasteiger partial charge in [0.25, 0.3) is 5.91 Å². The SMILES string of the molecule is CS(=O)(=O)c1ccc(-c2ccc(C3=NC(=O)c4c(-c5ccc(-c6ccc(S(C)(=O)=O)cc6)cc5)[nH]c(O)c43)cc2)cc1. The topological polar surface area (TPSA) is 134 Å². The molecule has 0 aliphatic carbocycles. The maximum Gasteiger partial charge on any atom is 0.280 e. The van der Waals surface area contributed by atoms with Crippen LogP contribution in [0.3, 0.4) is 0 Å². The molecule has 0 saturated carbocycles. The van der Waals surface area contributed by atoms with Crippen LogP contribution in [-0.2, 0) is 19.7 Å². The van der Waals surface area contributed by atoms with Crippen LogP contribution in [0.5, 0.6) is 5.88 Å². The van der Waals surface area contributed by atoms with Crippen LogP contribution in [0.2, 0.25) is 0 Å². The first-order chi connectivity index (χ1) is 19.9. The van der Waals surface area contributed by atoms with Gasteiger partial charge in [0.05, 0.1) is 32.3 Å². The van der Waals surface area contributed by atoms with Gasteiger partial charge in [0.15, 0.2) is 25.6 Å². The quantitative estimate of drug-likeness (QED) is 0.265. The Hall–Kier alpha value is -4.80. The average Bonchev–Trinajstić information content (AvgIpc) is 3.50. The molecule has 8 nitrogen and oxygen atoms in total. The zero-order valence-corrected chi connectivity index (χ0v) is 24.1. The predicted octanol–water partition coefficient (Wildman–Crippen LogP) is 5.52. The third kappa shape index (κ3) is 4.95. The van der Waals surface area contributed by atoms with E-state index in [9.17, 15) is 26.7 Å². The highest BCUT2D eigenvalue weighted by Gasteiger charge is 2.33. The Balaban J connectivity index is 1.27. The van der Waals surface area contributed by atoms with E-state index in [2.05, 4.69) is 9.98 Å². The van der Waals surface area contributed by atoms with Gasteiger partial charge in [0.2, 0.25) is 0 Å². The number of hydrogen-bond donors (Lipinski definition) is 2. The van der Waals surface area contributed by atoms with Crippen molar-refractivity contribution in [1.82, 2.24) is 4.98 Å². The van der Waals surface area contributed by atoms with Gasteiger partial charge in [-0.15, -0.1) is 0 Å². The molecule has 10 heteroatoms. The number of carbonyl (C=O) groups is 1. The van der Waals surface area contributed by atoms with E-state index in [4.69, 9.17) is 0 Å². The van der Waals surface area contributed by atoms with Gasteiger partial charge >= 0.3 is 0 Å². The fourth-order valence-corrected chi connectivity index (χ4v) is 6.27. The van der Waals surface area contributed by atoms with E-state index in [1.165, 1.54) is 0 Å². The first-order valence-electron chi connectivity index (χ1n) is 12.8. The Morgan fingerprint density at radius 3 is 1.31 bits per heavy atom. The molecule has 1 aromatic heterocycles. The number of H-pyrrole nitrogens is 1. The van der Waals surface area contributed by atoms with Gasteiger partial charge in [-0.3, -0.25) is 4.79 Å². The highest BCUT2D eigenvalue weighted by molar-refractivity contribution is 7.91. The molecule has 0 fully saturated rings. The number of nitrogens with zero attached hydrogens (tertiary/aromatic N) is 1. The van der Waals surface area contributed by atoms with Crippen LogP contribution >= 0.6 is 0 Å². The molecule has 6 rings (SSSR count). The van der Waals surface area contributed by atoms with Crippen molar-refractivity contribution in [2.75, 3.05) is 12.5 Å². The first-order valence-corrected chi connectivity index (χ1v) is 16.6. The second-order valence-corrected chi connectivity index (χ2v) is 14.1. The number of aromatic hydroxyl groups is 1. The maximum atomic E-state index is 13.0. The van der Waals surface area contributed by atoms with Crippen LogP contribution in [0.1, 0.15) is 21.5 Å². The molecule has 0 radical (unpaired) electrons. The highest BCUT2D eigenvalue weighted by atomic mass is 32.2. The minimum Gasteiger partial charge on any atom is -0.494 e. The van der Waals surface area contributed by atoms with Crippen molar-refractivity contribution in [3.8, 4) is 39.4 Å². The molecule has 1 aliphatic rings. The summed E-state index contributed by atoms with van der Waals surface area (Å²) < 4.78 is 47.0. The lowest BCUT2D eigenvalue weighted by Gasteiger charge is -2.06. The van der Waals surface area contributed by atoms with E-state index >= 15 is 0 Å². The number of aliphatic imine (C=N–C) groups is 1. The standard InChI is InChI=1S/C32H24N2O6S2/c1-41(37,38)25-15-11-21(12-16-25)19-3-7-23(8-4-19)29-27-28(32(36)33-29)30(34-31(27)35)24-9-5-20(6-10-24)22-13-17-26(18-14-22)42(2,39)40/h3-18,33,36H,1-2H3. The molecule has 2 N–H and O–H groups in total. The number of fused-ring (bicyclic) bond motifs is 1. The average molecular weight is 597 g/mol. The molecule has 0 spiro atoms. The molecule has 4 aromatic carbocycles. The van der Waals surface area contributed by atoms with Crippen molar-refractivity contribution in [2.45, 2.75) is 9.79 Å². The maximum absolute atomic E-state index is 13.0. The molecule has 210 valence electrons. The Bertz CT molecular complexity index is 2110. The zero-order valence-electron chi connectivity index (χ0n) is 22.5. The van der Waals surface area contributed by atoms with Crippen molar-refractivity contribution in [2.24, 2.45) is 4.99 Å². The summed E-state index contributed by atoms with van der Waals surface area (Å²) in [6, 6.07) is 27.9. The van der Waals surface area contributed by atoms with Gasteiger partial charge in [0.1, 0.15) is 0 Å². The number of hydrogen-bond acceptors (Lipinski definition) is 6. The molecular formula is C32H24N2O6S2. The molecule has 0 saturated heterocycles. The lowest BCUT2D eigenvalue weighted by Crippen LogP contribution is -2.00. The third-order valence-corrected chi connectivity index (χ3v) is 9.46.